The second-order valence-electron chi connectivity index (χ2n) is 6.28. The molecule has 1 fully saturated rings. The summed E-state index contributed by atoms with van der Waals surface area (Å²) in [4.78, 5) is 29.1. The summed E-state index contributed by atoms with van der Waals surface area (Å²) in [7, 11) is 0. The van der Waals surface area contributed by atoms with Crippen LogP contribution in [0.1, 0.15) is 47.5 Å². The van der Waals surface area contributed by atoms with Gasteiger partial charge in [0.2, 0.25) is 0 Å². The third kappa shape index (κ3) is 4.66. The zero-order chi connectivity index (χ0) is 17.6. The normalized spacial score (nSPS) is 14.9. The zero-order valence-electron chi connectivity index (χ0n) is 14.3. The third-order valence-corrected chi connectivity index (χ3v) is 5.49. The minimum Gasteiger partial charge on any atom is -0.451 e. The molecule has 1 aliphatic rings. The van der Waals surface area contributed by atoms with Crippen molar-refractivity contribution in [1.29, 1.82) is 0 Å². The maximum atomic E-state index is 12.3. The topological polar surface area (TPSA) is 68.3 Å². The summed E-state index contributed by atoms with van der Waals surface area (Å²) in [6.45, 7) is 1.54. The van der Waals surface area contributed by atoms with E-state index in [1.54, 1.807) is 6.92 Å². The summed E-state index contributed by atoms with van der Waals surface area (Å²) >= 11 is 1.29. The molecule has 1 N–H and O–H groups in total. The highest BCUT2D eigenvalue weighted by molar-refractivity contribution is 7.17. The number of amides is 1. The number of carbonyl (C=O) groups is 2. The number of nitrogens with zero attached hydrogens (tertiary/aromatic N) is 1. The van der Waals surface area contributed by atoms with Crippen molar-refractivity contribution in [2.24, 2.45) is 0 Å². The van der Waals surface area contributed by atoms with Gasteiger partial charge in [-0.2, -0.15) is 0 Å². The van der Waals surface area contributed by atoms with Crippen molar-refractivity contribution in [3.05, 3.63) is 40.9 Å². The van der Waals surface area contributed by atoms with Gasteiger partial charge in [-0.15, -0.1) is 11.3 Å². The molecule has 6 heteroatoms. The molecule has 0 spiro atoms. The quantitative estimate of drug-likeness (QED) is 0.827. The lowest BCUT2D eigenvalue weighted by atomic mass is 9.95. The molecule has 1 aliphatic carbocycles. The van der Waals surface area contributed by atoms with Gasteiger partial charge in [0.25, 0.3) is 5.91 Å². The Morgan fingerprint density at radius 2 is 1.92 bits per heavy atom. The first-order valence-corrected chi connectivity index (χ1v) is 9.44. The van der Waals surface area contributed by atoms with E-state index in [2.05, 4.69) is 10.3 Å². The molecule has 0 bridgehead atoms. The number of thiazole rings is 1. The Morgan fingerprint density at radius 3 is 2.64 bits per heavy atom. The van der Waals surface area contributed by atoms with Crippen LogP contribution in [0.25, 0.3) is 10.6 Å². The van der Waals surface area contributed by atoms with E-state index < -0.39 is 5.97 Å². The molecule has 1 heterocycles. The van der Waals surface area contributed by atoms with Gasteiger partial charge >= 0.3 is 5.97 Å². The highest BCUT2D eigenvalue weighted by Crippen LogP contribution is 2.28. The SMILES string of the molecule is Cc1nc(-c2ccccc2)sc1C(=O)OCC(=O)NC1CCCCC1. The Hall–Kier alpha value is -2.21. The first kappa shape index (κ1) is 17.6. The molecule has 132 valence electrons. The Balaban J connectivity index is 1.56. The van der Waals surface area contributed by atoms with Crippen molar-refractivity contribution in [2.45, 2.75) is 45.1 Å². The van der Waals surface area contributed by atoms with E-state index in [1.165, 1.54) is 17.8 Å². The van der Waals surface area contributed by atoms with Crippen molar-refractivity contribution in [3.8, 4) is 10.6 Å². The maximum Gasteiger partial charge on any atom is 0.350 e. The molecule has 0 unspecified atom stereocenters. The summed E-state index contributed by atoms with van der Waals surface area (Å²) < 4.78 is 5.18. The second kappa shape index (κ2) is 8.25. The van der Waals surface area contributed by atoms with Gasteiger partial charge < -0.3 is 10.1 Å². The van der Waals surface area contributed by atoms with E-state index in [4.69, 9.17) is 4.74 Å². The molecule has 0 saturated heterocycles. The minimum absolute atomic E-state index is 0.217. The van der Waals surface area contributed by atoms with Crippen LogP contribution in [0.3, 0.4) is 0 Å². The average molecular weight is 358 g/mol. The molecule has 0 atom stereocenters. The van der Waals surface area contributed by atoms with Crippen molar-refractivity contribution in [1.82, 2.24) is 10.3 Å². The summed E-state index contributed by atoms with van der Waals surface area (Å²) in [5.41, 5.74) is 1.59. The predicted octanol–water partition coefficient (Wildman–Crippen LogP) is 3.72. The number of ether oxygens (including phenoxy) is 1. The van der Waals surface area contributed by atoms with Crippen LogP contribution in [0.5, 0.6) is 0 Å². The van der Waals surface area contributed by atoms with Crippen LogP contribution in [0.4, 0.5) is 0 Å². The molecule has 25 heavy (non-hydrogen) atoms. The van der Waals surface area contributed by atoms with Crippen molar-refractivity contribution < 1.29 is 14.3 Å². The number of esters is 1. The molecule has 1 aromatic heterocycles. The number of rotatable bonds is 5. The highest BCUT2D eigenvalue weighted by Gasteiger charge is 2.20. The average Bonchev–Trinajstić information content (AvgIpc) is 3.03. The van der Waals surface area contributed by atoms with E-state index in [1.807, 2.05) is 30.3 Å². The number of hydrogen-bond donors (Lipinski definition) is 1. The van der Waals surface area contributed by atoms with E-state index in [-0.39, 0.29) is 18.6 Å². The van der Waals surface area contributed by atoms with Gasteiger partial charge in [-0.3, -0.25) is 4.79 Å². The number of aryl methyl sites for hydroxylation is 1. The zero-order valence-corrected chi connectivity index (χ0v) is 15.1. The van der Waals surface area contributed by atoms with Crippen molar-refractivity contribution >= 4 is 23.2 Å². The van der Waals surface area contributed by atoms with Gasteiger partial charge in [0.1, 0.15) is 9.88 Å². The van der Waals surface area contributed by atoms with Crippen molar-refractivity contribution in [2.75, 3.05) is 6.61 Å². The van der Waals surface area contributed by atoms with Crippen LogP contribution in [-0.2, 0) is 9.53 Å². The molecule has 5 nitrogen and oxygen atoms in total. The largest absolute Gasteiger partial charge is 0.451 e. The standard InChI is InChI=1S/C19H22N2O3S/c1-13-17(25-18(20-13)14-8-4-2-5-9-14)19(23)24-12-16(22)21-15-10-6-3-7-11-15/h2,4-5,8-9,15H,3,6-7,10-12H2,1H3,(H,21,22). The Morgan fingerprint density at radius 1 is 1.20 bits per heavy atom. The molecule has 2 aromatic rings. The van der Waals surface area contributed by atoms with Crippen molar-refractivity contribution in [3.63, 3.8) is 0 Å². The monoisotopic (exact) mass is 358 g/mol. The van der Waals surface area contributed by atoms with Gasteiger partial charge in [0, 0.05) is 11.6 Å². The van der Waals surface area contributed by atoms with E-state index in [0.29, 0.717) is 10.6 Å². The van der Waals surface area contributed by atoms with Crippen LogP contribution < -0.4 is 5.32 Å². The first-order chi connectivity index (χ1) is 12.1. The summed E-state index contributed by atoms with van der Waals surface area (Å²) in [6, 6.07) is 9.91. The van der Waals surface area contributed by atoms with Gasteiger partial charge in [-0.25, -0.2) is 9.78 Å². The summed E-state index contributed by atoms with van der Waals surface area (Å²) in [5, 5.41) is 3.72. The van der Waals surface area contributed by atoms with Gasteiger partial charge in [-0.05, 0) is 19.8 Å². The Labute approximate surface area is 151 Å². The fraction of sp³-hybridized carbons (Fsp3) is 0.421. The lowest BCUT2D eigenvalue weighted by Gasteiger charge is -2.22. The van der Waals surface area contributed by atoms with Crippen LogP contribution >= 0.6 is 11.3 Å². The first-order valence-electron chi connectivity index (χ1n) is 8.63. The van der Waals surface area contributed by atoms with Crippen LogP contribution in [-0.4, -0.2) is 29.5 Å². The number of benzene rings is 1. The molecular formula is C19H22N2O3S. The molecule has 3 rings (SSSR count). The predicted molar refractivity (Wildman–Crippen MR) is 97.6 cm³/mol. The fourth-order valence-electron chi connectivity index (χ4n) is 3.00. The maximum absolute atomic E-state index is 12.3. The van der Waals surface area contributed by atoms with Gasteiger partial charge in [0.15, 0.2) is 6.61 Å². The highest BCUT2D eigenvalue weighted by atomic mass is 32.1. The summed E-state index contributed by atoms with van der Waals surface area (Å²) in [5.74, 6) is -0.721. The van der Waals surface area contributed by atoms with Crippen LogP contribution in [0.2, 0.25) is 0 Å². The number of carbonyl (C=O) groups excluding carboxylic acids is 2. The molecule has 1 aromatic carbocycles. The minimum atomic E-state index is -0.490. The molecule has 1 saturated carbocycles. The van der Waals surface area contributed by atoms with Gasteiger partial charge in [-0.1, -0.05) is 49.6 Å². The smallest absolute Gasteiger partial charge is 0.350 e. The lowest BCUT2D eigenvalue weighted by molar-refractivity contribution is -0.125. The van der Waals surface area contributed by atoms with Gasteiger partial charge in [0.05, 0.1) is 5.69 Å². The number of nitrogens with one attached hydrogen (secondary N) is 1. The molecule has 0 radical (unpaired) electrons. The Kier molecular flexibility index (Phi) is 5.81. The second-order valence-corrected chi connectivity index (χ2v) is 7.28. The van der Waals surface area contributed by atoms with Crippen LogP contribution in [0.15, 0.2) is 30.3 Å². The lowest BCUT2D eigenvalue weighted by Crippen LogP contribution is -2.38. The van der Waals surface area contributed by atoms with Crippen LogP contribution in [0, 0.1) is 6.92 Å². The molecule has 1 amide bonds. The van der Waals surface area contributed by atoms with E-state index >= 15 is 0 Å². The molecular weight excluding hydrogens is 336 g/mol. The third-order valence-electron chi connectivity index (χ3n) is 4.31. The van der Waals surface area contributed by atoms with E-state index in [9.17, 15) is 9.59 Å². The Bertz CT molecular complexity index is 736. The number of aromatic nitrogens is 1. The molecule has 0 aliphatic heterocycles. The number of hydrogen-bond acceptors (Lipinski definition) is 5. The van der Waals surface area contributed by atoms with E-state index in [0.717, 1.165) is 36.3 Å². The fourth-order valence-corrected chi connectivity index (χ4v) is 3.97. The summed E-state index contributed by atoms with van der Waals surface area (Å²) in [6.07, 6.45) is 5.54.